The Morgan fingerprint density at radius 1 is 1.42 bits per heavy atom. The molecule has 102 valence electrons. The van der Waals surface area contributed by atoms with E-state index in [1.54, 1.807) is 23.6 Å². The van der Waals surface area contributed by atoms with Gasteiger partial charge in [0.05, 0.1) is 18.6 Å². The van der Waals surface area contributed by atoms with Crippen molar-refractivity contribution in [2.75, 3.05) is 7.11 Å². The maximum atomic E-state index is 6.11. The van der Waals surface area contributed by atoms with Gasteiger partial charge < -0.3 is 10.5 Å². The summed E-state index contributed by atoms with van der Waals surface area (Å²) < 4.78 is 7.05. The molecule has 5 heteroatoms. The molecular formula is C14H19N3OS. The molecule has 0 fully saturated rings. The van der Waals surface area contributed by atoms with Crippen molar-refractivity contribution in [1.29, 1.82) is 0 Å². The summed E-state index contributed by atoms with van der Waals surface area (Å²) in [7, 11) is 3.59. The zero-order valence-corrected chi connectivity index (χ0v) is 12.2. The molecule has 4 nitrogen and oxygen atoms in total. The van der Waals surface area contributed by atoms with Gasteiger partial charge in [-0.1, -0.05) is 6.07 Å². The molecule has 2 aromatic rings. The van der Waals surface area contributed by atoms with Crippen LogP contribution in [0.25, 0.3) is 0 Å². The minimum absolute atomic E-state index is 0.0420. The second-order valence-electron chi connectivity index (χ2n) is 4.52. The van der Waals surface area contributed by atoms with Crippen LogP contribution in [-0.4, -0.2) is 22.9 Å². The quantitative estimate of drug-likeness (QED) is 0.854. The average Bonchev–Trinajstić information content (AvgIpc) is 2.82. The van der Waals surface area contributed by atoms with Crippen LogP contribution >= 0.6 is 11.8 Å². The van der Waals surface area contributed by atoms with Crippen LogP contribution in [0.3, 0.4) is 0 Å². The van der Waals surface area contributed by atoms with Gasteiger partial charge in [-0.05, 0) is 25.1 Å². The molecule has 2 N–H and O–H groups in total. The smallest absolute Gasteiger partial charge is 0.119 e. The third-order valence-corrected chi connectivity index (χ3v) is 4.32. The number of hydrogen-bond acceptors (Lipinski definition) is 4. The van der Waals surface area contributed by atoms with Crippen LogP contribution in [0.1, 0.15) is 17.7 Å². The van der Waals surface area contributed by atoms with E-state index in [-0.39, 0.29) is 11.3 Å². The fourth-order valence-corrected chi connectivity index (χ4v) is 2.99. The molecule has 1 aromatic carbocycles. The lowest BCUT2D eigenvalue weighted by atomic mass is 10.1. The maximum Gasteiger partial charge on any atom is 0.119 e. The molecule has 2 rings (SSSR count). The molecule has 0 aliphatic heterocycles. The first kappa shape index (κ1) is 14.0. The average molecular weight is 277 g/mol. The van der Waals surface area contributed by atoms with Crippen molar-refractivity contribution >= 4 is 11.8 Å². The predicted molar refractivity (Wildman–Crippen MR) is 78.4 cm³/mol. The SMILES string of the molecule is COc1cccc(SC(c2cnn(C)c2)C(C)N)c1. The molecular weight excluding hydrogens is 258 g/mol. The number of benzene rings is 1. The molecule has 0 aliphatic carbocycles. The van der Waals surface area contributed by atoms with Gasteiger partial charge in [-0.25, -0.2) is 0 Å². The van der Waals surface area contributed by atoms with Gasteiger partial charge in [-0.15, -0.1) is 11.8 Å². The highest BCUT2D eigenvalue weighted by molar-refractivity contribution is 7.99. The zero-order chi connectivity index (χ0) is 13.8. The first-order valence-corrected chi connectivity index (χ1v) is 7.03. The summed E-state index contributed by atoms with van der Waals surface area (Å²) in [5.74, 6) is 0.861. The Hall–Kier alpha value is -1.46. The molecule has 0 bridgehead atoms. The van der Waals surface area contributed by atoms with E-state index in [0.29, 0.717) is 0 Å². The van der Waals surface area contributed by atoms with E-state index in [0.717, 1.165) is 16.2 Å². The van der Waals surface area contributed by atoms with Crippen LogP contribution in [0.15, 0.2) is 41.6 Å². The minimum atomic E-state index is 0.0420. The normalized spacial score (nSPS) is 14.1. The van der Waals surface area contributed by atoms with Gasteiger partial charge in [-0.3, -0.25) is 4.68 Å². The number of nitrogens with two attached hydrogens (primary N) is 1. The first-order chi connectivity index (χ1) is 9.10. The van der Waals surface area contributed by atoms with Gasteiger partial charge in [0, 0.05) is 29.7 Å². The molecule has 0 amide bonds. The van der Waals surface area contributed by atoms with E-state index in [1.807, 2.05) is 44.6 Å². The summed E-state index contributed by atoms with van der Waals surface area (Å²) in [6.07, 6.45) is 3.89. The Bertz CT molecular complexity index is 539. The van der Waals surface area contributed by atoms with E-state index in [2.05, 4.69) is 11.2 Å². The number of nitrogens with zero attached hydrogens (tertiary/aromatic N) is 2. The number of rotatable bonds is 5. The largest absolute Gasteiger partial charge is 0.497 e. The molecule has 0 saturated heterocycles. The number of aryl methyl sites for hydroxylation is 1. The number of ether oxygens (including phenoxy) is 1. The van der Waals surface area contributed by atoms with Gasteiger partial charge in [0.15, 0.2) is 0 Å². The molecule has 2 atom stereocenters. The van der Waals surface area contributed by atoms with Crippen molar-refractivity contribution in [3.63, 3.8) is 0 Å². The summed E-state index contributed by atoms with van der Waals surface area (Å²) in [5, 5.41) is 4.40. The second kappa shape index (κ2) is 6.12. The fourth-order valence-electron chi connectivity index (χ4n) is 1.89. The van der Waals surface area contributed by atoms with E-state index >= 15 is 0 Å². The summed E-state index contributed by atoms with van der Waals surface area (Å²) in [5.41, 5.74) is 7.25. The molecule has 0 saturated carbocycles. The highest BCUT2D eigenvalue weighted by Crippen LogP contribution is 2.37. The van der Waals surface area contributed by atoms with Crippen LogP contribution < -0.4 is 10.5 Å². The summed E-state index contributed by atoms with van der Waals surface area (Å²) in [6.45, 7) is 2.02. The lowest BCUT2D eigenvalue weighted by Gasteiger charge is -2.19. The number of thioether (sulfide) groups is 1. The second-order valence-corrected chi connectivity index (χ2v) is 5.74. The number of aromatic nitrogens is 2. The van der Waals surface area contributed by atoms with Crippen LogP contribution in [0.4, 0.5) is 0 Å². The molecule has 19 heavy (non-hydrogen) atoms. The van der Waals surface area contributed by atoms with Crippen molar-refractivity contribution in [3.05, 3.63) is 42.2 Å². The van der Waals surface area contributed by atoms with Gasteiger partial charge >= 0.3 is 0 Å². The van der Waals surface area contributed by atoms with Gasteiger partial charge in [0.1, 0.15) is 5.75 Å². The standard InChI is InChI=1S/C14H19N3OS/c1-10(15)14(11-8-16-17(2)9-11)19-13-6-4-5-12(7-13)18-3/h4-10,14H,15H2,1-3H3. The lowest BCUT2D eigenvalue weighted by Crippen LogP contribution is -2.22. The third kappa shape index (κ3) is 3.52. The first-order valence-electron chi connectivity index (χ1n) is 6.15. The van der Waals surface area contributed by atoms with Crippen molar-refractivity contribution in [2.24, 2.45) is 12.8 Å². The summed E-state index contributed by atoms with van der Waals surface area (Å²) >= 11 is 1.73. The van der Waals surface area contributed by atoms with Crippen LogP contribution in [0.5, 0.6) is 5.75 Å². The van der Waals surface area contributed by atoms with Crippen LogP contribution in [0.2, 0.25) is 0 Å². The van der Waals surface area contributed by atoms with Crippen LogP contribution in [-0.2, 0) is 7.05 Å². The third-order valence-electron chi connectivity index (χ3n) is 2.84. The molecule has 1 aromatic heterocycles. The van der Waals surface area contributed by atoms with E-state index in [4.69, 9.17) is 10.5 Å². The fraction of sp³-hybridized carbons (Fsp3) is 0.357. The Labute approximate surface area is 117 Å². The predicted octanol–water partition coefficient (Wildman–Crippen LogP) is 2.61. The van der Waals surface area contributed by atoms with Gasteiger partial charge in [0.2, 0.25) is 0 Å². The van der Waals surface area contributed by atoms with Gasteiger partial charge in [-0.2, -0.15) is 5.10 Å². The Balaban J connectivity index is 2.21. The topological polar surface area (TPSA) is 53.1 Å². The van der Waals surface area contributed by atoms with E-state index < -0.39 is 0 Å². The highest BCUT2D eigenvalue weighted by Gasteiger charge is 2.19. The van der Waals surface area contributed by atoms with Crippen molar-refractivity contribution in [1.82, 2.24) is 9.78 Å². The van der Waals surface area contributed by atoms with E-state index in [1.165, 1.54) is 0 Å². The summed E-state index contributed by atoms with van der Waals surface area (Å²) in [6, 6.07) is 8.06. The molecule has 1 heterocycles. The van der Waals surface area contributed by atoms with E-state index in [9.17, 15) is 0 Å². The Morgan fingerprint density at radius 3 is 2.79 bits per heavy atom. The van der Waals surface area contributed by atoms with Crippen LogP contribution in [0, 0.1) is 0 Å². The van der Waals surface area contributed by atoms with Crippen molar-refractivity contribution < 1.29 is 4.74 Å². The van der Waals surface area contributed by atoms with Gasteiger partial charge in [0.25, 0.3) is 0 Å². The minimum Gasteiger partial charge on any atom is -0.497 e. The maximum absolute atomic E-state index is 6.11. The molecule has 0 radical (unpaired) electrons. The highest BCUT2D eigenvalue weighted by atomic mass is 32.2. The lowest BCUT2D eigenvalue weighted by molar-refractivity contribution is 0.413. The molecule has 0 aliphatic rings. The summed E-state index contributed by atoms with van der Waals surface area (Å²) in [4.78, 5) is 1.14. The number of hydrogen-bond donors (Lipinski definition) is 1. The number of methoxy groups -OCH3 is 1. The molecule has 2 unspecified atom stereocenters. The van der Waals surface area contributed by atoms with Crippen molar-refractivity contribution in [3.8, 4) is 5.75 Å². The Morgan fingerprint density at radius 2 is 2.21 bits per heavy atom. The zero-order valence-electron chi connectivity index (χ0n) is 11.4. The monoisotopic (exact) mass is 277 g/mol. The molecule has 0 spiro atoms. The Kier molecular flexibility index (Phi) is 4.50. The van der Waals surface area contributed by atoms with Crippen molar-refractivity contribution in [2.45, 2.75) is 23.1 Å².